The molecule has 1 atom stereocenters. The van der Waals surface area contributed by atoms with E-state index in [2.05, 4.69) is 39.9 Å². The highest BCUT2D eigenvalue weighted by Crippen LogP contribution is 2.39. The standard InChI is InChI=1S/C21H23N5OS/c1-14-23-19(25-10-5-8-16(12-25)26-11-9-22-21(26)27)18-17(13-28-20(18)24-14)15-6-3-2-4-7-15/h2-4,6-7,13,16H,5,8-12H2,1H3,(H,22,27). The van der Waals surface area contributed by atoms with Crippen molar-refractivity contribution in [1.29, 1.82) is 0 Å². The van der Waals surface area contributed by atoms with Crippen molar-refractivity contribution in [3.05, 3.63) is 41.5 Å². The SMILES string of the molecule is Cc1nc(N2CCCC(N3CCNC3=O)C2)c2c(-c3ccccc3)csc2n1. The van der Waals surface area contributed by atoms with Crippen molar-refractivity contribution in [3.63, 3.8) is 0 Å². The van der Waals surface area contributed by atoms with Gasteiger partial charge in [-0.3, -0.25) is 0 Å². The Bertz CT molecular complexity index is 1020. The van der Waals surface area contributed by atoms with Gasteiger partial charge in [0.25, 0.3) is 0 Å². The van der Waals surface area contributed by atoms with E-state index >= 15 is 0 Å². The zero-order valence-corrected chi connectivity index (χ0v) is 16.7. The average Bonchev–Trinajstić information content (AvgIpc) is 3.34. The highest BCUT2D eigenvalue weighted by molar-refractivity contribution is 7.17. The number of rotatable bonds is 3. The second kappa shape index (κ2) is 7.05. The Hall–Kier alpha value is -2.67. The van der Waals surface area contributed by atoms with E-state index in [0.717, 1.165) is 60.9 Å². The van der Waals surface area contributed by atoms with Crippen LogP contribution in [0.4, 0.5) is 10.6 Å². The third-order valence-corrected chi connectivity index (χ3v) is 6.51. The van der Waals surface area contributed by atoms with Gasteiger partial charge in [0.05, 0.1) is 11.4 Å². The van der Waals surface area contributed by atoms with Crippen molar-refractivity contribution in [2.24, 2.45) is 0 Å². The molecule has 2 aliphatic rings. The van der Waals surface area contributed by atoms with E-state index in [-0.39, 0.29) is 12.1 Å². The monoisotopic (exact) mass is 393 g/mol. The summed E-state index contributed by atoms with van der Waals surface area (Å²) in [5.41, 5.74) is 2.38. The molecule has 3 aromatic rings. The number of anilines is 1. The third kappa shape index (κ3) is 2.99. The number of thiophene rings is 1. The van der Waals surface area contributed by atoms with Gasteiger partial charge in [0.2, 0.25) is 0 Å². The van der Waals surface area contributed by atoms with Gasteiger partial charge >= 0.3 is 6.03 Å². The lowest BCUT2D eigenvalue weighted by Crippen LogP contribution is -2.49. The second-order valence-electron chi connectivity index (χ2n) is 7.46. The molecule has 1 unspecified atom stereocenters. The number of amides is 2. The van der Waals surface area contributed by atoms with Crippen LogP contribution in [0.1, 0.15) is 18.7 Å². The maximum Gasteiger partial charge on any atom is 0.317 e. The first-order valence-corrected chi connectivity index (χ1v) is 10.7. The first kappa shape index (κ1) is 17.4. The fourth-order valence-electron chi connectivity index (χ4n) is 4.32. The molecule has 0 radical (unpaired) electrons. The van der Waals surface area contributed by atoms with Crippen molar-refractivity contribution < 1.29 is 4.79 Å². The minimum absolute atomic E-state index is 0.0661. The Kier molecular flexibility index (Phi) is 4.39. The molecule has 2 aromatic heterocycles. The van der Waals surface area contributed by atoms with Crippen LogP contribution in [0, 0.1) is 6.92 Å². The van der Waals surface area contributed by atoms with Gasteiger partial charge in [0.15, 0.2) is 0 Å². The Morgan fingerprint density at radius 2 is 2.04 bits per heavy atom. The van der Waals surface area contributed by atoms with Crippen LogP contribution in [0.5, 0.6) is 0 Å². The summed E-state index contributed by atoms with van der Waals surface area (Å²) in [6, 6.07) is 10.7. The summed E-state index contributed by atoms with van der Waals surface area (Å²) < 4.78 is 0. The van der Waals surface area contributed by atoms with Crippen LogP contribution in [0.2, 0.25) is 0 Å². The number of nitrogens with one attached hydrogen (secondary N) is 1. The molecule has 0 aliphatic carbocycles. The molecule has 144 valence electrons. The van der Waals surface area contributed by atoms with Crippen molar-refractivity contribution in [2.75, 3.05) is 31.1 Å². The maximum atomic E-state index is 12.2. The minimum atomic E-state index is 0.0661. The zero-order chi connectivity index (χ0) is 19.1. The van der Waals surface area contributed by atoms with Crippen molar-refractivity contribution in [3.8, 4) is 11.1 Å². The number of fused-ring (bicyclic) bond motifs is 1. The van der Waals surface area contributed by atoms with Gasteiger partial charge in [-0.2, -0.15) is 0 Å². The topological polar surface area (TPSA) is 61.4 Å². The molecule has 4 heterocycles. The summed E-state index contributed by atoms with van der Waals surface area (Å²) in [7, 11) is 0. The molecule has 2 aliphatic heterocycles. The Labute approximate surface area is 168 Å². The number of aromatic nitrogens is 2. The van der Waals surface area contributed by atoms with Gasteiger partial charge in [0.1, 0.15) is 16.5 Å². The molecule has 6 nitrogen and oxygen atoms in total. The zero-order valence-electron chi connectivity index (χ0n) is 15.9. The van der Waals surface area contributed by atoms with Crippen molar-refractivity contribution in [2.45, 2.75) is 25.8 Å². The Balaban J connectivity index is 1.56. The van der Waals surface area contributed by atoms with E-state index in [9.17, 15) is 4.79 Å². The first-order chi connectivity index (χ1) is 13.7. The molecule has 0 saturated carbocycles. The summed E-state index contributed by atoms with van der Waals surface area (Å²) in [5.74, 6) is 1.80. The van der Waals surface area contributed by atoms with Gasteiger partial charge in [-0.15, -0.1) is 11.3 Å². The second-order valence-corrected chi connectivity index (χ2v) is 8.32. The number of urea groups is 1. The van der Waals surface area contributed by atoms with E-state index in [4.69, 9.17) is 9.97 Å². The number of benzene rings is 1. The lowest BCUT2D eigenvalue weighted by molar-refractivity contribution is 0.189. The molecule has 5 rings (SSSR count). The third-order valence-electron chi connectivity index (χ3n) is 5.64. The normalized spacial score (nSPS) is 20.0. The summed E-state index contributed by atoms with van der Waals surface area (Å²) in [6.07, 6.45) is 2.11. The lowest BCUT2D eigenvalue weighted by Gasteiger charge is -2.38. The molecular weight excluding hydrogens is 370 g/mol. The molecule has 1 aromatic carbocycles. The highest BCUT2D eigenvalue weighted by atomic mass is 32.1. The largest absolute Gasteiger partial charge is 0.354 e. The van der Waals surface area contributed by atoms with Gasteiger partial charge in [-0.25, -0.2) is 14.8 Å². The maximum absolute atomic E-state index is 12.2. The van der Waals surface area contributed by atoms with Crippen LogP contribution >= 0.6 is 11.3 Å². The summed E-state index contributed by atoms with van der Waals surface area (Å²) in [4.78, 5) is 27.1. The Morgan fingerprint density at radius 3 is 2.82 bits per heavy atom. The number of hydrogen-bond acceptors (Lipinski definition) is 5. The molecule has 0 bridgehead atoms. The molecule has 28 heavy (non-hydrogen) atoms. The quantitative estimate of drug-likeness (QED) is 0.738. The first-order valence-electron chi connectivity index (χ1n) is 9.81. The van der Waals surface area contributed by atoms with Crippen molar-refractivity contribution in [1.82, 2.24) is 20.2 Å². The number of nitrogens with zero attached hydrogens (tertiary/aromatic N) is 4. The number of aryl methyl sites for hydroxylation is 1. The molecule has 0 spiro atoms. The molecule has 2 fully saturated rings. The van der Waals surface area contributed by atoms with E-state index in [1.807, 2.05) is 17.9 Å². The lowest BCUT2D eigenvalue weighted by atomic mass is 10.0. The number of carbonyl (C=O) groups is 1. The molecule has 1 N–H and O–H groups in total. The van der Waals surface area contributed by atoms with Crippen LogP contribution in [-0.2, 0) is 0 Å². The van der Waals surface area contributed by atoms with Crippen LogP contribution in [0.15, 0.2) is 35.7 Å². The van der Waals surface area contributed by atoms with Gasteiger partial charge in [0, 0.05) is 37.1 Å². The summed E-state index contributed by atoms with van der Waals surface area (Å²) in [6.45, 7) is 5.28. The summed E-state index contributed by atoms with van der Waals surface area (Å²) >= 11 is 1.68. The molecular formula is C21H23N5OS. The van der Waals surface area contributed by atoms with Crippen LogP contribution in [0.25, 0.3) is 21.3 Å². The number of piperidine rings is 1. The van der Waals surface area contributed by atoms with Crippen LogP contribution in [0.3, 0.4) is 0 Å². The molecule has 2 amide bonds. The van der Waals surface area contributed by atoms with Crippen LogP contribution < -0.4 is 10.2 Å². The average molecular weight is 394 g/mol. The van der Waals surface area contributed by atoms with E-state index in [1.54, 1.807) is 11.3 Å². The smallest absolute Gasteiger partial charge is 0.317 e. The summed E-state index contributed by atoms with van der Waals surface area (Å²) in [5, 5.41) is 6.25. The number of carbonyl (C=O) groups excluding carboxylic acids is 1. The predicted octanol–water partition coefficient (Wildman–Crippen LogP) is 3.66. The van der Waals surface area contributed by atoms with E-state index in [1.165, 1.54) is 11.1 Å². The van der Waals surface area contributed by atoms with Crippen LogP contribution in [-0.4, -0.2) is 53.1 Å². The molecule has 2 saturated heterocycles. The Morgan fingerprint density at radius 1 is 1.18 bits per heavy atom. The van der Waals surface area contributed by atoms with Gasteiger partial charge < -0.3 is 15.1 Å². The van der Waals surface area contributed by atoms with Gasteiger partial charge in [-0.1, -0.05) is 30.3 Å². The minimum Gasteiger partial charge on any atom is -0.354 e. The fourth-order valence-corrected chi connectivity index (χ4v) is 5.31. The van der Waals surface area contributed by atoms with E-state index in [0.29, 0.717) is 0 Å². The fraction of sp³-hybridized carbons (Fsp3) is 0.381. The highest BCUT2D eigenvalue weighted by Gasteiger charge is 2.32. The predicted molar refractivity (Wildman–Crippen MR) is 113 cm³/mol. The van der Waals surface area contributed by atoms with Crippen molar-refractivity contribution >= 4 is 33.4 Å². The van der Waals surface area contributed by atoms with Gasteiger partial charge in [-0.05, 0) is 25.3 Å². The molecule has 7 heteroatoms. The van der Waals surface area contributed by atoms with E-state index < -0.39 is 0 Å². The number of hydrogen-bond donors (Lipinski definition) is 1.